The van der Waals surface area contributed by atoms with Crippen molar-refractivity contribution < 1.29 is 0 Å². The van der Waals surface area contributed by atoms with Crippen molar-refractivity contribution in [3.8, 4) is 0 Å². The van der Waals surface area contributed by atoms with Crippen molar-refractivity contribution in [2.24, 2.45) is 7.05 Å². The minimum absolute atomic E-state index is 0.693. The zero-order chi connectivity index (χ0) is 14.9. The molecule has 0 spiro atoms. The van der Waals surface area contributed by atoms with Crippen LogP contribution in [0.5, 0.6) is 0 Å². The van der Waals surface area contributed by atoms with Crippen molar-refractivity contribution in [2.75, 3.05) is 11.1 Å². The first-order valence-electron chi connectivity index (χ1n) is 6.48. The third kappa shape index (κ3) is 2.94. The molecule has 20 heavy (non-hydrogen) atoms. The highest BCUT2D eigenvalue weighted by Crippen LogP contribution is 2.33. The van der Waals surface area contributed by atoms with Gasteiger partial charge in [0.05, 0.1) is 17.1 Å². The fourth-order valence-electron chi connectivity index (χ4n) is 2.04. The Hall–Kier alpha value is -1.20. The normalized spacial score (nSPS) is 10.8. The lowest BCUT2D eigenvalue weighted by molar-refractivity contribution is 0.740. The van der Waals surface area contributed by atoms with E-state index in [1.165, 1.54) is 0 Å². The molecule has 0 saturated heterocycles. The lowest BCUT2D eigenvalue weighted by atomic mass is 10.2. The minimum Gasteiger partial charge on any atom is -0.394 e. The highest BCUT2D eigenvalue weighted by atomic mass is 79.9. The van der Waals surface area contributed by atoms with Gasteiger partial charge in [0, 0.05) is 16.5 Å². The Labute approximate surface area is 132 Å². The van der Waals surface area contributed by atoms with Gasteiger partial charge < -0.3 is 11.1 Å². The highest BCUT2D eigenvalue weighted by Gasteiger charge is 2.14. The summed E-state index contributed by atoms with van der Waals surface area (Å²) in [6.07, 6.45) is 1.89. The summed E-state index contributed by atoms with van der Waals surface area (Å²) in [7, 11) is 1.88. The van der Waals surface area contributed by atoms with E-state index in [-0.39, 0.29) is 0 Å². The Kier molecular flexibility index (Phi) is 4.60. The van der Waals surface area contributed by atoms with Crippen molar-refractivity contribution in [3.63, 3.8) is 0 Å². The quantitative estimate of drug-likeness (QED) is 0.851. The molecule has 108 valence electrons. The van der Waals surface area contributed by atoms with Crippen LogP contribution in [0.2, 0.25) is 5.02 Å². The van der Waals surface area contributed by atoms with Crippen LogP contribution in [0, 0.1) is 6.92 Å². The van der Waals surface area contributed by atoms with Gasteiger partial charge in [-0.1, -0.05) is 24.9 Å². The highest BCUT2D eigenvalue weighted by molar-refractivity contribution is 9.10. The third-order valence-electron chi connectivity index (χ3n) is 3.15. The number of nitrogens with two attached hydrogens (primary N) is 1. The van der Waals surface area contributed by atoms with Gasteiger partial charge in [-0.05, 0) is 47.0 Å². The maximum absolute atomic E-state index is 6.17. The van der Waals surface area contributed by atoms with Crippen LogP contribution in [0.15, 0.2) is 16.6 Å². The van der Waals surface area contributed by atoms with E-state index in [9.17, 15) is 0 Å². The maximum Gasteiger partial charge on any atom is 0.152 e. The number of aromatic nitrogens is 2. The molecule has 1 aromatic carbocycles. The number of nitrogen functional groups attached to an aromatic ring is 1. The molecule has 0 bridgehead atoms. The molecule has 0 aliphatic heterocycles. The number of hydrogen-bond acceptors (Lipinski definition) is 3. The van der Waals surface area contributed by atoms with Crippen molar-refractivity contribution >= 4 is 44.7 Å². The SMILES string of the molecule is CCCc1nn(C)c(Nc2cc(Cl)c(C)cc2Br)c1N. The van der Waals surface area contributed by atoms with E-state index in [0.717, 1.165) is 40.1 Å². The molecule has 6 heteroatoms. The molecule has 2 rings (SSSR count). The summed E-state index contributed by atoms with van der Waals surface area (Å²) in [6.45, 7) is 4.08. The average Bonchev–Trinajstić information content (AvgIpc) is 2.64. The van der Waals surface area contributed by atoms with Crippen LogP contribution in [-0.2, 0) is 13.5 Å². The van der Waals surface area contributed by atoms with E-state index < -0.39 is 0 Å². The first-order valence-corrected chi connectivity index (χ1v) is 7.65. The standard InChI is InChI=1S/C14H18BrClN4/c1-4-5-11-13(17)14(20(3)19-11)18-12-7-10(16)8(2)6-9(12)15/h6-7,18H,4-5,17H2,1-3H3. The molecule has 0 aliphatic rings. The third-order valence-corrected chi connectivity index (χ3v) is 4.21. The van der Waals surface area contributed by atoms with Gasteiger partial charge in [0.1, 0.15) is 0 Å². The zero-order valence-electron chi connectivity index (χ0n) is 11.8. The summed E-state index contributed by atoms with van der Waals surface area (Å²) in [5, 5.41) is 8.46. The number of rotatable bonds is 4. The predicted octanol–water partition coefficient (Wildman–Crippen LogP) is 4.42. The lowest BCUT2D eigenvalue weighted by Crippen LogP contribution is -2.02. The second-order valence-electron chi connectivity index (χ2n) is 4.79. The summed E-state index contributed by atoms with van der Waals surface area (Å²) in [5.74, 6) is 0.786. The van der Waals surface area contributed by atoms with Gasteiger partial charge in [0.2, 0.25) is 0 Å². The molecule has 0 unspecified atom stereocenters. The van der Waals surface area contributed by atoms with Gasteiger partial charge in [0.25, 0.3) is 0 Å². The Balaban J connectivity index is 2.37. The Bertz CT molecular complexity index is 637. The Morgan fingerprint density at radius 1 is 1.45 bits per heavy atom. The number of hydrogen-bond donors (Lipinski definition) is 2. The average molecular weight is 358 g/mol. The largest absolute Gasteiger partial charge is 0.394 e. The molecule has 4 nitrogen and oxygen atoms in total. The van der Waals surface area contributed by atoms with Crippen LogP contribution in [0.4, 0.5) is 17.2 Å². The number of nitrogens with zero attached hydrogens (tertiary/aromatic N) is 2. The predicted molar refractivity (Wildman–Crippen MR) is 88.8 cm³/mol. The second-order valence-corrected chi connectivity index (χ2v) is 6.05. The summed E-state index contributed by atoms with van der Waals surface area (Å²) in [5.41, 5.74) is 9.67. The van der Waals surface area contributed by atoms with E-state index in [0.29, 0.717) is 10.7 Å². The second kappa shape index (κ2) is 6.06. The molecular weight excluding hydrogens is 340 g/mol. The summed E-state index contributed by atoms with van der Waals surface area (Å²) < 4.78 is 2.71. The van der Waals surface area contributed by atoms with Gasteiger partial charge in [0.15, 0.2) is 5.82 Å². The topological polar surface area (TPSA) is 55.9 Å². The first-order chi connectivity index (χ1) is 9.43. The van der Waals surface area contributed by atoms with Crippen molar-refractivity contribution in [1.82, 2.24) is 9.78 Å². The molecule has 1 heterocycles. The van der Waals surface area contributed by atoms with Gasteiger partial charge in [-0.2, -0.15) is 5.10 Å². The monoisotopic (exact) mass is 356 g/mol. The molecule has 0 fully saturated rings. The van der Waals surface area contributed by atoms with Gasteiger partial charge in [-0.3, -0.25) is 4.68 Å². The lowest BCUT2D eigenvalue weighted by Gasteiger charge is -2.11. The van der Waals surface area contributed by atoms with Crippen LogP contribution >= 0.6 is 27.5 Å². The fraction of sp³-hybridized carbons (Fsp3) is 0.357. The van der Waals surface area contributed by atoms with Crippen LogP contribution in [0.3, 0.4) is 0 Å². The van der Waals surface area contributed by atoms with Gasteiger partial charge >= 0.3 is 0 Å². The smallest absolute Gasteiger partial charge is 0.152 e. The molecule has 1 aromatic heterocycles. The summed E-state index contributed by atoms with van der Waals surface area (Å²) in [6, 6.07) is 3.86. The molecular formula is C14H18BrClN4. The number of halogens is 2. The van der Waals surface area contributed by atoms with Crippen molar-refractivity contribution in [1.29, 1.82) is 0 Å². The number of nitrogens with one attached hydrogen (secondary N) is 1. The van der Waals surface area contributed by atoms with Gasteiger partial charge in [-0.15, -0.1) is 0 Å². The van der Waals surface area contributed by atoms with Crippen LogP contribution in [-0.4, -0.2) is 9.78 Å². The number of anilines is 3. The van der Waals surface area contributed by atoms with E-state index in [1.807, 2.05) is 26.1 Å². The molecule has 3 N–H and O–H groups in total. The van der Waals surface area contributed by atoms with E-state index >= 15 is 0 Å². The van der Waals surface area contributed by atoms with E-state index in [1.54, 1.807) is 4.68 Å². The zero-order valence-corrected chi connectivity index (χ0v) is 14.1. The molecule has 0 atom stereocenters. The molecule has 0 radical (unpaired) electrons. The number of aryl methyl sites for hydroxylation is 3. The number of benzene rings is 1. The Morgan fingerprint density at radius 2 is 2.15 bits per heavy atom. The van der Waals surface area contributed by atoms with Gasteiger partial charge in [-0.25, -0.2) is 0 Å². The maximum atomic E-state index is 6.17. The van der Waals surface area contributed by atoms with Crippen LogP contribution < -0.4 is 11.1 Å². The molecule has 0 aliphatic carbocycles. The van der Waals surface area contributed by atoms with Crippen molar-refractivity contribution in [2.45, 2.75) is 26.7 Å². The molecule has 0 saturated carbocycles. The van der Waals surface area contributed by atoms with E-state index in [4.69, 9.17) is 17.3 Å². The first kappa shape index (κ1) is 15.2. The van der Waals surface area contributed by atoms with Crippen LogP contribution in [0.25, 0.3) is 0 Å². The van der Waals surface area contributed by atoms with Crippen molar-refractivity contribution in [3.05, 3.63) is 32.9 Å². The minimum atomic E-state index is 0.693. The fourth-order valence-corrected chi connectivity index (χ4v) is 2.76. The van der Waals surface area contributed by atoms with E-state index in [2.05, 4.69) is 33.3 Å². The summed E-state index contributed by atoms with van der Waals surface area (Å²) >= 11 is 9.71. The van der Waals surface area contributed by atoms with Crippen LogP contribution in [0.1, 0.15) is 24.6 Å². The molecule has 0 amide bonds. The summed E-state index contributed by atoms with van der Waals surface area (Å²) in [4.78, 5) is 0. The Morgan fingerprint density at radius 3 is 2.80 bits per heavy atom. The molecule has 2 aromatic rings.